The Labute approximate surface area is 329 Å². The van der Waals surface area contributed by atoms with E-state index in [4.69, 9.17) is 15.4 Å². The third kappa shape index (κ3) is 4.23. The second-order valence-corrected chi connectivity index (χ2v) is 14.6. The summed E-state index contributed by atoms with van der Waals surface area (Å²) in [7, 11) is 0. The standard InChI is InChI=1S/C51H25N5O2/c1-54-30-19-21-33(44(22-30)55-42-14-6-2-10-31(42)37-23-39-34-12-4-8-16-47(34)57-49(39)25-45(37)55)36-20-18-29(27-52)41(28-53)51(36)56-43-15-7-3-11-32(43)38-24-40-35-13-5-9-17-48(35)58-50(40)26-46(38)56/h2-26H. The number of hydrogen-bond acceptors (Lipinski definition) is 4. The van der Waals surface area contributed by atoms with E-state index in [0.29, 0.717) is 11.4 Å². The van der Waals surface area contributed by atoms with Gasteiger partial charge in [0.05, 0.1) is 45.5 Å². The topological polar surface area (TPSA) is 88.1 Å². The number of hydrogen-bond donors (Lipinski definition) is 0. The molecule has 0 spiro atoms. The number of nitriles is 2. The lowest BCUT2D eigenvalue weighted by Crippen LogP contribution is -2.05. The minimum absolute atomic E-state index is 0.249. The molecule has 12 rings (SSSR count). The molecule has 0 bridgehead atoms. The predicted molar refractivity (Wildman–Crippen MR) is 231 cm³/mol. The van der Waals surface area contributed by atoms with Gasteiger partial charge in [0.15, 0.2) is 5.69 Å². The lowest BCUT2D eigenvalue weighted by molar-refractivity contribution is 0.669. The molecular weight excluding hydrogens is 715 g/mol. The van der Waals surface area contributed by atoms with Gasteiger partial charge in [0.1, 0.15) is 34.5 Å². The molecule has 266 valence electrons. The van der Waals surface area contributed by atoms with Crippen molar-refractivity contribution in [3.05, 3.63) is 174 Å². The van der Waals surface area contributed by atoms with Crippen molar-refractivity contribution in [1.82, 2.24) is 9.13 Å². The summed E-state index contributed by atoms with van der Waals surface area (Å²) >= 11 is 0. The maximum atomic E-state index is 11.0. The first-order valence-electron chi connectivity index (χ1n) is 18.8. The molecule has 0 unspecified atom stereocenters. The molecule has 0 aliphatic heterocycles. The largest absolute Gasteiger partial charge is 0.456 e. The van der Waals surface area contributed by atoms with Gasteiger partial charge in [0.2, 0.25) is 0 Å². The van der Waals surface area contributed by atoms with Crippen molar-refractivity contribution in [3.63, 3.8) is 0 Å². The van der Waals surface area contributed by atoms with Crippen LogP contribution in [0.1, 0.15) is 11.1 Å². The fourth-order valence-corrected chi connectivity index (χ4v) is 9.12. The molecule has 4 heterocycles. The lowest BCUT2D eigenvalue weighted by Gasteiger charge is -2.20. The molecule has 12 aromatic rings. The first-order valence-corrected chi connectivity index (χ1v) is 18.8. The summed E-state index contributed by atoms with van der Waals surface area (Å²) in [6, 6.07) is 55.1. The van der Waals surface area contributed by atoms with E-state index in [9.17, 15) is 10.5 Å². The normalized spacial score (nSPS) is 11.7. The van der Waals surface area contributed by atoms with E-state index in [1.54, 1.807) is 6.07 Å². The monoisotopic (exact) mass is 739 g/mol. The van der Waals surface area contributed by atoms with Crippen LogP contribution in [0, 0.1) is 29.2 Å². The van der Waals surface area contributed by atoms with Gasteiger partial charge in [-0.25, -0.2) is 4.85 Å². The highest BCUT2D eigenvalue weighted by Crippen LogP contribution is 2.45. The van der Waals surface area contributed by atoms with Crippen LogP contribution < -0.4 is 0 Å². The van der Waals surface area contributed by atoms with E-state index >= 15 is 0 Å². The van der Waals surface area contributed by atoms with Gasteiger partial charge in [-0.2, -0.15) is 10.5 Å². The summed E-state index contributed by atoms with van der Waals surface area (Å²) in [5, 5.41) is 29.7. The first kappa shape index (κ1) is 31.7. The Morgan fingerprint density at radius 1 is 0.448 bits per heavy atom. The third-order valence-corrected chi connectivity index (χ3v) is 11.6. The van der Waals surface area contributed by atoms with Crippen LogP contribution >= 0.6 is 0 Å². The highest BCUT2D eigenvalue weighted by Gasteiger charge is 2.26. The second-order valence-electron chi connectivity index (χ2n) is 14.6. The fourth-order valence-electron chi connectivity index (χ4n) is 9.12. The predicted octanol–water partition coefficient (Wildman–Crippen LogP) is 13.6. The SMILES string of the molecule is [C-]#[N+]c1ccc(-c2ccc(C#N)c(C#N)c2-n2c3ccccc3c3cc4c(cc32)oc2ccccc24)c(-n2c3ccccc3c3cc4c(cc32)oc2ccccc24)c1. The van der Waals surface area contributed by atoms with Crippen molar-refractivity contribution in [1.29, 1.82) is 10.5 Å². The zero-order valence-corrected chi connectivity index (χ0v) is 30.5. The summed E-state index contributed by atoms with van der Waals surface area (Å²) in [5.41, 5.74) is 10.5. The molecule has 0 amide bonds. The molecule has 0 saturated heterocycles. The average Bonchev–Trinajstić information content (AvgIpc) is 4.01. The van der Waals surface area contributed by atoms with Gasteiger partial charge in [0, 0.05) is 72.0 Å². The van der Waals surface area contributed by atoms with E-state index in [1.165, 1.54) is 0 Å². The van der Waals surface area contributed by atoms with Crippen LogP contribution in [-0.4, -0.2) is 9.13 Å². The number of rotatable bonds is 3. The summed E-state index contributed by atoms with van der Waals surface area (Å²) in [4.78, 5) is 3.88. The Bertz CT molecular complexity index is 3910. The van der Waals surface area contributed by atoms with Crippen molar-refractivity contribution in [2.45, 2.75) is 0 Å². The molecule has 7 nitrogen and oxygen atoms in total. The minimum atomic E-state index is 0.249. The minimum Gasteiger partial charge on any atom is -0.456 e. The number of fused-ring (bicyclic) bond motifs is 12. The molecule has 0 radical (unpaired) electrons. The molecule has 4 aromatic heterocycles. The van der Waals surface area contributed by atoms with Crippen LogP contribution in [0.15, 0.2) is 160 Å². The number of aromatic nitrogens is 2. The van der Waals surface area contributed by atoms with Crippen LogP contribution in [0.2, 0.25) is 0 Å². The van der Waals surface area contributed by atoms with Crippen LogP contribution in [0.5, 0.6) is 0 Å². The Morgan fingerprint density at radius 3 is 1.57 bits per heavy atom. The van der Waals surface area contributed by atoms with Crippen molar-refractivity contribution < 1.29 is 8.83 Å². The van der Waals surface area contributed by atoms with Crippen LogP contribution in [0.25, 0.3) is 115 Å². The Hall–Kier alpha value is -8.57. The Kier molecular flexibility index (Phi) is 6.41. The molecule has 8 aromatic carbocycles. The quantitative estimate of drug-likeness (QED) is 0.169. The summed E-state index contributed by atoms with van der Waals surface area (Å²) in [6.45, 7) is 8.10. The van der Waals surface area contributed by atoms with E-state index in [1.807, 2.05) is 97.1 Å². The fraction of sp³-hybridized carbons (Fsp3) is 0. The summed E-state index contributed by atoms with van der Waals surface area (Å²) in [6.07, 6.45) is 0. The molecule has 0 fully saturated rings. The number of benzene rings is 8. The van der Waals surface area contributed by atoms with Crippen molar-refractivity contribution in [2.24, 2.45) is 0 Å². The molecule has 0 saturated carbocycles. The van der Waals surface area contributed by atoms with E-state index in [0.717, 1.165) is 104 Å². The summed E-state index contributed by atoms with van der Waals surface area (Å²) < 4.78 is 17.1. The number of nitrogens with zero attached hydrogens (tertiary/aromatic N) is 5. The Morgan fingerprint density at radius 2 is 0.983 bits per heavy atom. The molecule has 0 N–H and O–H groups in total. The maximum absolute atomic E-state index is 11.0. The van der Waals surface area contributed by atoms with Gasteiger partial charge in [0.25, 0.3) is 0 Å². The van der Waals surface area contributed by atoms with Crippen molar-refractivity contribution in [2.75, 3.05) is 0 Å². The maximum Gasteiger partial charge on any atom is 0.189 e. The van der Waals surface area contributed by atoms with Gasteiger partial charge >= 0.3 is 0 Å². The molecule has 7 heteroatoms. The van der Waals surface area contributed by atoms with Crippen LogP contribution in [0.4, 0.5) is 5.69 Å². The average molecular weight is 740 g/mol. The van der Waals surface area contributed by atoms with Crippen molar-refractivity contribution >= 4 is 93.2 Å². The van der Waals surface area contributed by atoms with Crippen LogP contribution in [0.3, 0.4) is 0 Å². The number of furan rings is 2. The van der Waals surface area contributed by atoms with Gasteiger partial charge < -0.3 is 18.0 Å². The zero-order valence-electron chi connectivity index (χ0n) is 30.5. The van der Waals surface area contributed by atoms with E-state index < -0.39 is 0 Å². The van der Waals surface area contributed by atoms with Crippen LogP contribution in [-0.2, 0) is 0 Å². The van der Waals surface area contributed by atoms with E-state index in [-0.39, 0.29) is 11.1 Å². The van der Waals surface area contributed by atoms with Gasteiger partial charge in [-0.15, -0.1) is 0 Å². The van der Waals surface area contributed by atoms with E-state index in [2.05, 4.69) is 74.6 Å². The highest BCUT2D eigenvalue weighted by atomic mass is 16.3. The Balaban J connectivity index is 1.22. The molecule has 0 atom stereocenters. The third-order valence-electron chi connectivity index (χ3n) is 11.6. The highest BCUT2D eigenvalue weighted by molar-refractivity contribution is 6.19. The molecule has 0 aliphatic rings. The van der Waals surface area contributed by atoms with Gasteiger partial charge in [-0.05, 0) is 48.5 Å². The molecule has 58 heavy (non-hydrogen) atoms. The smallest absolute Gasteiger partial charge is 0.189 e. The van der Waals surface area contributed by atoms with Gasteiger partial charge in [-0.3, -0.25) is 0 Å². The lowest BCUT2D eigenvalue weighted by atomic mass is 9.94. The number of para-hydroxylation sites is 4. The molecule has 0 aliphatic carbocycles. The second kappa shape index (κ2) is 11.7. The van der Waals surface area contributed by atoms with Gasteiger partial charge in [-0.1, -0.05) is 91.0 Å². The summed E-state index contributed by atoms with van der Waals surface area (Å²) in [5.74, 6) is 0. The first-order chi connectivity index (χ1) is 28.6. The van der Waals surface area contributed by atoms with Crippen molar-refractivity contribution in [3.8, 4) is 34.6 Å². The zero-order chi connectivity index (χ0) is 38.6. The molecular formula is C51H25N5O2.